The van der Waals surface area contributed by atoms with E-state index in [0.717, 1.165) is 16.0 Å². The maximum absolute atomic E-state index is 13.1. The number of aliphatic hydroxyl groups excluding tert-OH is 1. The van der Waals surface area contributed by atoms with Crippen molar-refractivity contribution in [3.05, 3.63) is 65.7 Å². The SMILES string of the molecule is Cc1ccc(S(=O)C[C@H](O[Si](C)(C)C(C)(C)C)[C@H](Br)[C@H](O)c2ccccc2)cc1. The smallest absolute Gasteiger partial charge is 0.192 e. The van der Waals surface area contributed by atoms with Crippen LogP contribution in [0.25, 0.3) is 0 Å². The zero-order valence-corrected chi connectivity index (χ0v) is 21.6. The fourth-order valence-electron chi connectivity index (χ4n) is 2.72. The third kappa shape index (κ3) is 6.59. The van der Waals surface area contributed by atoms with Crippen LogP contribution in [0.2, 0.25) is 18.1 Å². The number of benzene rings is 2. The Hall–Kier alpha value is -0.793. The molecule has 0 fully saturated rings. The highest BCUT2D eigenvalue weighted by atomic mass is 79.9. The van der Waals surface area contributed by atoms with E-state index in [4.69, 9.17) is 4.43 Å². The van der Waals surface area contributed by atoms with Crippen LogP contribution >= 0.6 is 15.9 Å². The summed E-state index contributed by atoms with van der Waals surface area (Å²) in [6.45, 7) is 12.9. The lowest BCUT2D eigenvalue weighted by molar-refractivity contribution is 0.108. The summed E-state index contributed by atoms with van der Waals surface area (Å²) in [5.41, 5.74) is 1.96. The van der Waals surface area contributed by atoms with Crippen molar-refractivity contribution < 1.29 is 13.7 Å². The van der Waals surface area contributed by atoms with E-state index >= 15 is 0 Å². The molecule has 2 rings (SSSR count). The van der Waals surface area contributed by atoms with Crippen LogP contribution in [-0.2, 0) is 15.2 Å². The van der Waals surface area contributed by atoms with E-state index in [-0.39, 0.29) is 16.0 Å². The van der Waals surface area contributed by atoms with Crippen LogP contribution in [0.4, 0.5) is 0 Å². The zero-order chi connectivity index (χ0) is 21.8. The number of aliphatic hydroxyl groups is 1. The summed E-state index contributed by atoms with van der Waals surface area (Å²) in [5, 5.41) is 11.0. The average molecular weight is 498 g/mol. The molecule has 0 bridgehead atoms. The molecule has 29 heavy (non-hydrogen) atoms. The Balaban J connectivity index is 2.29. The van der Waals surface area contributed by atoms with Gasteiger partial charge in [-0.2, -0.15) is 0 Å². The first-order chi connectivity index (χ1) is 13.4. The van der Waals surface area contributed by atoms with Gasteiger partial charge in [0.1, 0.15) is 0 Å². The van der Waals surface area contributed by atoms with E-state index < -0.39 is 25.2 Å². The molecule has 3 nitrogen and oxygen atoms in total. The molecule has 0 saturated carbocycles. The van der Waals surface area contributed by atoms with Gasteiger partial charge in [0.15, 0.2) is 8.32 Å². The van der Waals surface area contributed by atoms with Gasteiger partial charge in [0.25, 0.3) is 0 Å². The highest BCUT2D eigenvalue weighted by Crippen LogP contribution is 2.39. The van der Waals surface area contributed by atoms with Gasteiger partial charge in [0.05, 0.1) is 33.6 Å². The Morgan fingerprint density at radius 1 is 1.07 bits per heavy atom. The standard InChI is InChI=1S/C23H33BrO3SSi/c1-17-12-14-19(15-13-17)28(26)16-20(27-29(5,6)23(2,3)4)21(24)22(25)18-10-8-7-9-11-18/h7-15,20-22,25H,16H2,1-6H3/t20-,21-,22+,28?/m0/s1. The van der Waals surface area contributed by atoms with Crippen molar-refractivity contribution in [2.45, 2.75) is 67.8 Å². The molecule has 0 amide bonds. The molecule has 2 aromatic carbocycles. The van der Waals surface area contributed by atoms with Crippen LogP contribution in [0.5, 0.6) is 0 Å². The van der Waals surface area contributed by atoms with Crippen LogP contribution in [0, 0.1) is 6.92 Å². The van der Waals surface area contributed by atoms with Gasteiger partial charge in [-0.1, -0.05) is 84.7 Å². The van der Waals surface area contributed by atoms with E-state index in [0.29, 0.717) is 5.75 Å². The Morgan fingerprint density at radius 3 is 2.14 bits per heavy atom. The van der Waals surface area contributed by atoms with Crippen LogP contribution in [0.15, 0.2) is 59.5 Å². The van der Waals surface area contributed by atoms with Gasteiger partial charge < -0.3 is 9.53 Å². The van der Waals surface area contributed by atoms with Gasteiger partial charge in [-0.3, -0.25) is 4.21 Å². The molecule has 1 N–H and O–H groups in total. The molecular weight excluding hydrogens is 464 g/mol. The molecule has 0 radical (unpaired) electrons. The second-order valence-electron chi connectivity index (χ2n) is 9.04. The summed E-state index contributed by atoms with van der Waals surface area (Å²) in [6.07, 6.45) is -1.13. The summed E-state index contributed by atoms with van der Waals surface area (Å²) >= 11 is 3.69. The molecule has 4 atom stereocenters. The normalized spacial score (nSPS) is 16.8. The lowest BCUT2D eigenvalue weighted by Gasteiger charge is -2.41. The van der Waals surface area contributed by atoms with E-state index in [1.165, 1.54) is 0 Å². The number of hydrogen-bond donors (Lipinski definition) is 1. The lowest BCUT2D eigenvalue weighted by Crippen LogP contribution is -2.48. The monoisotopic (exact) mass is 496 g/mol. The van der Waals surface area contributed by atoms with E-state index in [9.17, 15) is 9.32 Å². The van der Waals surface area contributed by atoms with Crippen molar-refractivity contribution in [1.29, 1.82) is 0 Å². The Bertz CT molecular complexity index is 803. The fourth-order valence-corrected chi connectivity index (χ4v) is 6.43. The Morgan fingerprint density at radius 2 is 1.62 bits per heavy atom. The first-order valence-corrected chi connectivity index (χ1v) is 15.1. The minimum absolute atomic E-state index is 0.0149. The van der Waals surface area contributed by atoms with Crippen LogP contribution in [0.1, 0.15) is 38.0 Å². The molecule has 160 valence electrons. The third-order valence-corrected chi connectivity index (χ3v) is 12.7. The molecule has 0 aliphatic rings. The molecule has 0 aromatic heterocycles. The highest BCUT2D eigenvalue weighted by molar-refractivity contribution is 9.09. The zero-order valence-electron chi connectivity index (χ0n) is 18.2. The second-order valence-corrected chi connectivity index (χ2v) is 16.4. The molecule has 1 unspecified atom stereocenters. The van der Waals surface area contributed by atoms with Crippen LogP contribution in [-0.4, -0.2) is 34.3 Å². The molecule has 0 aliphatic heterocycles. The van der Waals surface area contributed by atoms with Gasteiger partial charge in [-0.25, -0.2) is 0 Å². The molecule has 6 heteroatoms. The highest BCUT2D eigenvalue weighted by Gasteiger charge is 2.42. The lowest BCUT2D eigenvalue weighted by atomic mass is 10.0. The van der Waals surface area contributed by atoms with Crippen molar-refractivity contribution >= 4 is 35.0 Å². The van der Waals surface area contributed by atoms with Crippen molar-refractivity contribution in [2.75, 3.05) is 5.75 Å². The average Bonchev–Trinajstić information content (AvgIpc) is 2.66. The van der Waals surface area contributed by atoms with Gasteiger partial charge in [-0.05, 0) is 42.8 Å². The molecule has 0 spiro atoms. The molecule has 2 aromatic rings. The van der Waals surface area contributed by atoms with E-state index in [2.05, 4.69) is 49.8 Å². The fraction of sp³-hybridized carbons (Fsp3) is 0.478. The molecular formula is C23H33BrO3SSi. The summed E-state index contributed by atoms with van der Waals surface area (Å²) < 4.78 is 19.8. The Labute approximate surface area is 187 Å². The summed E-state index contributed by atoms with van der Waals surface area (Å²) in [7, 11) is -3.35. The van der Waals surface area contributed by atoms with Gasteiger partial charge >= 0.3 is 0 Å². The number of alkyl halides is 1. The Kier molecular flexibility index (Phi) is 8.45. The first kappa shape index (κ1) is 24.5. The minimum Gasteiger partial charge on any atom is -0.412 e. The maximum atomic E-state index is 13.1. The predicted octanol–water partition coefficient (Wildman–Crippen LogP) is 5.99. The van der Waals surface area contributed by atoms with Crippen LogP contribution in [0.3, 0.4) is 0 Å². The maximum Gasteiger partial charge on any atom is 0.192 e. The quantitative estimate of drug-likeness (QED) is 0.360. The van der Waals surface area contributed by atoms with Crippen LogP contribution < -0.4 is 0 Å². The number of rotatable bonds is 8. The molecule has 0 heterocycles. The van der Waals surface area contributed by atoms with Crippen molar-refractivity contribution in [3.8, 4) is 0 Å². The van der Waals surface area contributed by atoms with Gasteiger partial charge in [0.2, 0.25) is 0 Å². The second kappa shape index (κ2) is 10.0. The largest absolute Gasteiger partial charge is 0.412 e. The number of aryl methyl sites for hydroxylation is 1. The van der Waals surface area contributed by atoms with Gasteiger partial charge in [-0.15, -0.1) is 0 Å². The van der Waals surface area contributed by atoms with E-state index in [1.54, 1.807) is 0 Å². The van der Waals surface area contributed by atoms with Crippen molar-refractivity contribution in [2.24, 2.45) is 0 Å². The number of hydrogen-bond acceptors (Lipinski definition) is 3. The summed E-state index contributed by atoms with van der Waals surface area (Å²) in [4.78, 5) is 0.418. The summed E-state index contributed by atoms with van der Waals surface area (Å²) in [5.74, 6) is 0.329. The third-order valence-electron chi connectivity index (χ3n) is 5.65. The molecule has 0 saturated heterocycles. The summed E-state index contributed by atoms with van der Waals surface area (Å²) in [6, 6.07) is 17.3. The van der Waals surface area contributed by atoms with Gasteiger partial charge in [0, 0.05) is 4.90 Å². The number of halogens is 1. The minimum atomic E-state index is -2.13. The van der Waals surface area contributed by atoms with E-state index in [1.807, 2.05) is 61.5 Å². The topological polar surface area (TPSA) is 46.5 Å². The first-order valence-electron chi connectivity index (χ1n) is 9.92. The van der Waals surface area contributed by atoms with Crippen molar-refractivity contribution in [3.63, 3.8) is 0 Å². The van der Waals surface area contributed by atoms with Crippen molar-refractivity contribution in [1.82, 2.24) is 0 Å². The molecule has 0 aliphatic carbocycles. The predicted molar refractivity (Wildman–Crippen MR) is 129 cm³/mol.